The Kier molecular flexibility index (Phi) is 8.22. The van der Waals surface area contributed by atoms with Crippen LogP contribution in [-0.4, -0.2) is 24.6 Å². The molecule has 0 aliphatic rings. The first kappa shape index (κ1) is 23.0. The van der Waals surface area contributed by atoms with Gasteiger partial charge in [0.05, 0.1) is 10.7 Å². The zero-order valence-electron chi connectivity index (χ0n) is 15.9. The lowest BCUT2D eigenvalue weighted by molar-refractivity contribution is -0.118. The van der Waals surface area contributed by atoms with Gasteiger partial charge in [0.1, 0.15) is 5.75 Å². The molecule has 0 fully saturated rings. The average Bonchev–Trinajstić information content (AvgIpc) is 2.75. The minimum atomic E-state index is -0.311. The molecule has 0 atom stereocenters. The van der Waals surface area contributed by atoms with Gasteiger partial charge in [-0.3, -0.25) is 9.59 Å². The van der Waals surface area contributed by atoms with Gasteiger partial charge < -0.3 is 10.1 Å². The number of nitrogens with zero attached hydrogens (tertiary/aromatic N) is 1. The van der Waals surface area contributed by atoms with E-state index in [0.717, 1.165) is 10.0 Å². The van der Waals surface area contributed by atoms with E-state index < -0.39 is 0 Å². The molecule has 0 spiro atoms. The molecule has 0 aromatic heterocycles. The van der Waals surface area contributed by atoms with Crippen LogP contribution >= 0.6 is 43.5 Å². The van der Waals surface area contributed by atoms with Crippen LogP contribution in [-0.2, 0) is 4.79 Å². The summed E-state index contributed by atoms with van der Waals surface area (Å²) in [4.78, 5) is 24.1. The number of nitrogens with one attached hydrogen (secondary N) is 2. The molecule has 3 aromatic rings. The monoisotopic (exact) mass is 563 g/mol. The van der Waals surface area contributed by atoms with Gasteiger partial charge in [-0.25, -0.2) is 5.43 Å². The molecule has 3 rings (SSSR count). The highest BCUT2D eigenvalue weighted by Gasteiger charge is 2.07. The second-order valence-electron chi connectivity index (χ2n) is 6.24. The highest BCUT2D eigenvalue weighted by molar-refractivity contribution is 9.10. The summed E-state index contributed by atoms with van der Waals surface area (Å²) in [6.45, 7) is -0.155. The zero-order valence-corrected chi connectivity index (χ0v) is 19.9. The van der Waals surface area contributed by atoms with E-state index in [0.29, 0.717) is 26.5 Å². The van der Waals surface area contributed by atoms with Crippen LogP contribution in [0.1, 0.15) is 15.9 Å². The Bertz CT molecular complexity index is 1100. The Labute approximate surface area is 200 Å². The maximum absolute atomic E-state index is 12.1. The van der Waals surface area contributed by atoms with Crippen LogP contribution in [0.25, 0.3) is 0 Å². The minimum absolute atomic E-state index is 0.155. The van der Waals surface area contributed by atoms with Crippen molar-refractivity contribution in [3.05, 3.63) is 91.8 Å². The Morgan fingerprint density at radius 1 is 1.00 bits per heavy atom. The number of hydrogen-bond donors (Lipinski definition) is 2. The van der Waals surface area contributed by atoms with Crippen molar-refractivity contribution in [1.29, 1.82) is 0 Å². The van der Waals surface area contributed by atoms with E-state index in [9.17, 15) is 9.59 Å². The van der Waals surface area contributed by atoms with Gasteiger partial charge in [-0.1, -0.05) is 27.5 Å². The summed E-state index contributed by atoms with van der Waals surface area (Å²) >= 11 is 12.6. The number of carbonyl (C=O) groups excluding carboxylic acids is 2. The third-order valence-electron chi connectivity index (χ3n) is 3.93. The molecule has 0 unspecified atom stereocenters. The number of benzene rings is 3. The predicted octanol–water partition coefficient (Wildman–Crippen LogP) is 5.65. The third kappa shape index (κ3) is 7.20. The lowest BCUT2D eigenvalue weighted by atomic mass is 10.2. The van der Waals surface area contributed by atoms with Crippen molar-refractivity contribution in [3.63, 3.8) is 0 Å². The first-order chi connectivity index (χ1) is 14.9. The van der Waals surface area contributed by atoms with Gasteiger partial charge in [0.2, 0.25) is 0 Å². The summed E-state index contributed by atoms with van der Waals surface area (Å²) in [5.41, 5.74) is 4.35. The predicted molar refractivity (Wildman–Crippen MR) is 129 cm³/mol. The van der Waals surface area contributed by atoms with Crippen LogP contribution in [0.2, 0.25) is 5.02 Å². The van der Waals surface area contributed by atoms with Crippen LogP contribution in [0.15, 0.2) is 80.8 Å². The average molecular weight is 566 g/mol. The second-order valence-corrected chi connectivity index (χ2v) is 8.45. The van der Waals surface area contributed by atoms with E-state index >= 15 is 0 Å². The van der Waals surface area contributed by atoms with Crippen LogP contribution in [0.4, 0.5) is 5.69 Å². The molecular formula is C22H16Br2ClN3O3. The highest BCUT2D eigenvalue weighted by atomic mass is 79.9. The van der Waals surface area contributed by atoms with Crippen molar-refractivity contribution in [2.24, 2.45) is 5.10 Å². The molecule has 158 valence electrons. The molecule has 0 aliphatic carbocycles. The maximum atomic E-state index is 12.1. The number of carbonyl (C=O) groups is 2. The SMILES string of the molecule is O=C(COc1ccc(/C=N/NC(=O)c2ccc(Br)cc2)cc1Br)Nc1ccc(Cl)cc1. The molecule has 0 heterocycles. The van der Waals surface area contributed by atoms with Crippen LogP contribution in [0.3, 0.4) is 0 Å². The van der Waals surface area contributed by atoms with Gasteiger partial charge in [0, 0.05) is 20.7 Å². The van der Waals surface area contributed by atoms with Gasteiger partial charge in [-0.2, -0.15) is 5.10 Å². The summed E-state index contributed by atoms with van der Waals surface area (Å²) < 4.78 is 7.10. The van der Waals surface area contributed by atoms with Gasteiger partial charge in [0.25, 0.3) is 11.8 Å². The van der Waals surface area contributed by atoms with Crippen molar-refractivity contribution in [2.75, 3.05) is 11.9 Å². The van der Waals surface area contributed by atoms with Crippen LogP contribution < -0.4 is 15.5 Å². The van der Waals surface area contributed by atoms with E-state index in [1.54, 1.807) is 66.7 Å². The Morgan fingerprint density at radius 2 is 1.71 bits per heavy atom. The van der Waals surface area contributed by atoms with E-state index in [1.807, 2.05) is 0 Å². The Balaban J connectivity index is 1.51. The van der Waals surface area contributed by atoms with E-state index in [-0.39, 0.29) is 18.4 Å². The molecule has 0 radical (unpaired) electrons. The second kappa shape index (κ2) is 11.1. The topological polar surface area (TPSA) is 79.8 Å². The van der Waals surface area contributed by atoms with Crippen molar-refractivity contribution in [2.45, 2.75) is 0 Å². The van der Waals surface area contributed by atoms with Crippen molar-refractivity contribution < 1.29 is 14.3 Å². The molecule has 0 bridgehead atoms. The molecule has 3 aromatic carbocycles. The fraction of sp³-hybridized carbons (Fsp3) is 0.0455. The number of amides is 2. The van der Waals surface area contributed by atoms with Gasteiger partial charge in [-0.05, 0) is 88.2 Å². The molecule has 0 saturated heterocycles. The first-order valence-electron chi connectivity index (χ1n) is 8.97. The van der Waals surface area contributed by atoms with E-state index in [1.165, 1.54) is 6.21 Å². The molecule has 2 N–H and O–H groups in total. The van der Waals surface area contributed by atoms with Crippen LogP contribution in [0.5, 0.6) is 5.75 Å². The maximum Gasteiger partial charge on any atom is 0.271 e. The Hall–Kier alpha value is -2.68. The van der Waals surface area contributed by atoms with E-state index in [4.69, 9.17) is 16.3 Å². The highest BCUT2D eigenvalue weighted by Crippen LogP contribution is 2.25. The molecule has 31 heavy (non-hydrogen) atoms. The van der Waals surface area contributed by atoms with Crippen molar-refractivity contribution in [1.82, 2.24) is 5.43 Å². The van der Waals surface area contributed by atoms with Crippen molar-refractivity contribution >= 4 is 67.2 Å². The molecule has 2 amide bonds. The largest absolute Gasteiger partial charge is 0.483 e. The summed E-state index contributed by atoms with van der Waals surface area (Å²) in [7, 11) is 0. The van der Waals surface area contributed by atoms with E-state index in [2.05, 4.69) is 47.7 Å². The van der Waals surface area contributed by atoms with Gasteiger partial charge in [0.15, 0.2) is 6.61 Å². The number of rotatable bonds is 7. The van der Waals surface area contributed by atoms with Crippen LogP contribution in [0, 0.1) is 0 Å². The lowest BCUT2D eigenvalue weighted by Crippen LogP contribution is -2.20. The number of hydrogen-bond acceptors (Lipinski definition) is 4. The van der Waals surface area contributed by atoms with Gasteiger partial charge in [-0.15, -0.1) is 0 Å². The number of ether oxygens (including phenoxy) is 1. The fourth-order valence-electron chi connectivity index (χ4n) is 2.42. The third-order valence-corrected chi connectivity index (χ3v) is 5.33. The summed E-state index contributed by atoms with van der Waals surface area (Å²) in [5, 5.41) is 7.28. The Morgan fingerprint density at radius 3 is 2.39 bits per heavy atom. The molecule has 0 saturated carbocycles. The molecule has 9 heteroatoms. The summed E-state index contributed by atoms with van der Waals surface area (Å²) in [6, 6.07) is 19.0. The smallest absolute Gasteiger partial charge is 0.271 e. The van der Waals surface area contributed by atoms with Crippen molar-refractivity contribution in [3.8, 4) is 5.75 Å². The molecular weight excluding hydrogens is 550 g/mol. The fourth-order valence-corrected chi connectivity index (χ4v) is 3.32. The number of anilines is 1. The quantitative estimate of drug-likeness (QED) is 0.287. The first-order valence-corrected chi connectivity index (χ1v) is 10.9. The normalized spacial score (nSPS) is 10.7. The summed E-state index contributed by atoms with van der Waals surface area (Å²) in [5.74, 6) is -0.104. The molecule has 6 nitrogen and oxygen atoms in total. The summed E-state index contributed by atoms with van der Waals surface area (Å²) in [6.07, 6.45) is 1.51. The number of halogens is 3. The van der Waals surface area contributed by atoms with Gasteiger partial charge >= 0.3 is 0 Å². The lowest BCUT2D eigenvalue weighted by Gasteiger charge is -2.09. The zero-order chi connectivity index (χ0) is 22.2. The standard InChI is InChI=1S/C22H16Br2ClN3O3/c23-16-4-2-15(3-5-16)22(30)28-26-12-14-1-10-20(19(24)11-14)31-13-21(29)27-18-8-6-17(25)7-9-18/h1-12H,13H2,(H,27,29)(H,28,30)/b26-12+. The number of hydrazone groups is 1. The minimum Gasteiger partial charge on any atom is -0.483 e. The molecule has 0 aliphatic heterocycles.